The van der Waals surface area contributed by atoms with Crippen LogP contribution in [0.3, 0.4) is 0 Å². The van der Waals surface area contributed by atoms with E-state index < -0.39 is 6.23 Å². The molecule has 3 unspecified atom stereocenters. The van der Waals surface area contributed by atoms with Gasteiger partial charge in [0.2, 0.25) is 0 Å². The van der Waals surface area contributed by atoms with Gasteiger partial charge in [0.25, 0.3) is 0 Å². The zero-order valence-electron chi connectivity index (χ0n) is 7.12. The van der Waals surface area contributed by atoms with Crippen LogP contribution in [-0.4, -0.2) is 35.1 Å². The molecule has 4 nitrogen and oxygen atoms in total. The largest absolute Gasteiger partial charge is 0.393 e. The minimum absolute atomic E-state index is 0.274. The number of rotatable bonds is 5. The van der Waals surface area contributed by atoms with Crippen molar-refractivity contribution in [2.75, 3.05) is 6.54 Å². The summed E-state index contributed by atoms with van der Waals surface area (Å²) in [7, 11) is 0. The summed E-state index contributed by atoms with van der Waals surface area (Å²) in [6, 6.07) is -0.274. The van der Waals surface area contributed by atoms with E-state index in [1.165, 1.54) is 0 Å². The molecule has 0 spiro atoms. The third kappa shape index (κ3) is 6.25. The molecule has 0 aromatic heterocycles. The summed E-state index contributed by atoms with van der Waals surface area (Å²) in [5, 5.41) is 20.8. The molecule has 0 saturated heterocycles. The second kappa shape index (κ2) is 5.49. The lowest BCUT2D eigenvalue weighted by Gasteiger charge is -2.16. The highest BCUT2D eigenvalue weighted by Crippen LogP contribution is 1.88. The molecular formula is C7H18N2O2. The minimum Gasteiger partial charge on any atom is -0.393 e. The van der Waals surface area contributed by atoms with Crippen molar-refractivity contribution < 1.29 is 10.2 Å². The fourth-order valence-corrected chi connectivity index (χ4v) is 0.626. The average molecular weight is 162 g/mol. The highest BCUT2D eigenvalue weighted by molar-refractivity contribution is 4.64. The number of nitrogens with one attached hydrogen (secondary N) is 1. The van der Waals surface area contributed by atoms with Gasteiger partial charge in [0.1, 0.15) is 6.23 Å². The molecular weight excluding hydrogens is 144 g/mol. The summed E-state index contributed by atoms with van der Waals surface area (Å²) in [4.78, 5) is 0. The van der Waals surface area contributed by atoms with E-state index in [9.17, 15) is 0 Å². The van der Waals surface area contributed by atoms with Gasteiger partial charge in [-0.25, -0.2) is 0 Å². The monoisotopic (exact) mass is 162 g/mol. The van der Waals surface area contributed by atoms with E-state index in [4.69, 9.17) is 15.9 Å². The molecule has 0 aromatic carbocycles. The second-order valence-electron chi connectivity index (χ2n) is 2.90. The number of hydrogen-bond acceptors (Lipinski definition) is 4. The van der Waals surface area contributed by atoms with E-state index in [0.717, 1.165) is 0 Å². The van der Waals surface area contributed by atoms with Crippen LogP contribution in [0.15, 0.2) is 0 Å². The van der Waals surface area contributed by atoms with Crippen LogP contribution in [0.4, 0.5) is 0 Å². The molecule has 0 aliphatic heterocycles. The van der Waals surface area contributed by atoms with Crippen molar-refractivity contribution in [1.29, 1.82) is 0 Å². The predicted octanol–water partition coefficient (Wildman–Crippen LogP) is -0.987. The Kier molecular flexibility index (Phi) is 5.41. The summed E-state index contributed by atoms with van der Waals surface area (Å²) < 4.78 is 0. The van der Waals surface area contributed by atoms with Crippen LogP contribution in [0, 0.1) is 0 Å². The summed E-state index contributed by atoms with van der Waals surface area (Å²) >= 11 is 0. The van der Waals surface area contributed by atoms with Crippen LogP contribution in [0.25, 0.3) is 0 Å². The van der Waals surface area contributed by atoms with Crippen LogP contribution in [-0.2, 0) is 0 Å². The molecule has 0 heterocycles. The Morgan fingerprint density at radius 3 is 2.27 bits per heavy atom. The maximum Gasteiger partial charge on any atom is 0.119 e. The van der Waals surface area contributed by atoms with Gasteiger partial charge in [-0.1, -0.05) is 0 Å². The Hall–Kier alpha value is -0.160. The van der Waals surface area contributed by atoms with E-state index in [0.29, 0.717) is 13.0 Å². The smallest absolute Gasteiger partial charge is 0.119 e. The SMILES string of the molecule is CC(O)CCNC(O)C(C)N. The number of nitrogens with two attached hydrogens (primary N) is 1. The highest BCUT2D eigenvalue weighted by atomic mass is 16.3. The first kappa shape index (κ1) is 10.8. The predicted molar refractivity (Wildman–Crippen MR) is 44.0 cm³/mol. The Balaban J connectivity index is 3.24. The second-order valence-corrected chi connectivity index (χ2v) is 2.90. The Morgan fingerprint density at radius 1 is 1.36 bits per heavy atom. The van der Waals surface area contributed by atoms with Gasteiger partial charge < -0.3 is 15.9 Å². The van der Waals surface area contributed by atoms with Gasteiger partial charge in [-0.3, -0.25) is 5.32 Å². The molecule has 0 aliphatic rings. The van der Waals surface area contributed by atoms with Crippen LogP contribution in [0.5, 0.6) is 0 Å². The van der Waals surface area contributed by atoms with Gasteiger partial charge in [0, 0.05) is 6.04 Å². The Labute approximate surface area is 67.4 Å². The molecule has 0 bridgehead atoms. The maximum atomic E-state index is 9.12. The van der Waals surface area contributed by atoms with Crippen molar-refractivity contribution in [3.63, 3.8) is 0 Å². The van der Waals surface area contributed by atoms with E-state index >= 15 is 0 Å². The quantitative estimate of drug-likeness (QED) is 0.391. The molecule has 0 radical (unpaired) electrons. The van der Waals surface area contributed by atoms with Crippen molar-refractivity contribution in [2.24, 2.45) is 5.73 Å². The van der Waals surface area contributed by atoms with E-state index in [-0.39, 0.29) is 12.1 Å². The van der Waals surface area contributed by atoms with Gasteiger partial charge in [0.15, 0.2) is 0 Å². The van der Waals surface area contributed by atoms with Crippen LogP contribution in [0.2, 0.25) is 0 Å². The molecule has 3 atom stereocenters. The standard InChI is InChI=1S/C7H18N2O2/c1-5(10)3-4-9-7(11)6(2)8/h5-7,9-11H,3-4,8H2,1-2H3. The first-order valence-corrected chi connectivity index (χ1v) is 3.89. The molecule has 0 aromatic rings. The lowest BCUT2D eigenvalue weighted by molar-refractivity contribution is 0.106. The van der Waals surface area contributed by atoms with Crippen molar-refractivity contribution in [3.05, 3.63) is 0 Å². The molecule has 0 fully saturated rings. The minimum atomic E-state index is -0.672. The summed E-state index contributed by atoms with van der Waals surface area (Å²) in [5.41, 5.74) is 5.38. The van der Waals surface area contributed by atoms with E-state index in [1.54, 1.807) is 13.8 Å². The number of aliphatic hydroxyl groups excluding tert-OH is 2. The van der Waals surface area contributed by atoms with Crippen LogP contribution >= 0.6 is 0 Å². The molecule has 0 amide bonds. The zero-order valence-corrected chi connectivity index (χ0v) is 7.12. The Bertz CT molecular complexity index is 96.4. The molecule has 0 rings (SSSR count). The fraction of sp³-hybridized carbons (Fsp3) is 1.00. The number of hydrogen-bond donors (Lipinski definition) is 4. The lowest BCUT2D eigenvalue weighted by Crippen LogP contribution is -2.43. The Morgan fingerprint density at radius 2 is 1.91 bits per heavy atom. The van der Waals surface area contributed by atoms with Crippen LogP contribution < -0.4 is 11.1 Å². The lowest BCUT2D eigenvalue weighted by atomic mass is 10.2. The van der Waals surface area contributed by atoms with E-state index in [1.807, 2.05) is 0 Å². The molecule has 11 heavy (non-hydrogen) atoms. The van der Waals surface area contributed by atoms with Gasteiger partial charge in [-0.2, -0.15) is 0 Å². The van der Waals surface area contributed by atoms with Crippen LogP contribution in [0.1, 0.15) is 20.3 Å². The summed E-state index contributed by atoms with van der Waals surface area (Å²) in [5.74, 6) is 0. The molecule has 0 saturated carbocycles. The van der Waals surface area contributed by atoms with Gasteiger partial charge in [-0.05, 0) is 26.8 Å². The third-order valence-electron chi connectivity index (χ3n) is 1.41. The number of aliphatic hydroxyl groups is 2. The highest BCUT2D eigenvalue weighted by Gasteiger charge is 2.07. The average Bonchev–Trinajstić information content (AvgIpc) is 1.86. The topological polar surface area (TPSA) is 78.5 Å². The first-order chi connectivity index (χ1) is 5.04. The van der Waals surface area contributed by atoms with Crippen molar-refractivity contribution in [3.8, 4) is 0 Å². The van der Waals surface area contributed by atoms with Gasteiger partial charge >= 0.3 is 0 Å². The van der Waals surface area contributed by atoms with Gasteiger partial charge in [0.05, 0.1) is 6.10 Å². The third-order valence-corrected chi connectivity index (χ3v) is 1.41. The van der Waals surface area contributed by atoms with Crippen molar-refractivity contribution in [1.82, 2.24) is 5.32 Å². The van der Waals surface area contributed by atoms with Gasteiger partial charge in [-0.15, -0.1) is 0 Å². The molecule has 4 heteroatoms. The molecule has 5 N–H and O–H groups in total. The maximum absolute atomic E-state index is 9.12. The summed E-state index contributed by atoms with van der Waals surface area (Å²) in [6.07, 6.45) is -0.374. The molecule has 68 valence electrons. The summed E-state index contributed by atoms with van der Waals surface area (Å²) in [6.45, 7) is 4.01. The van der Waals surface area contributed by atoms with E-state index in [2.05, 4.69) is 5.32 Å². The molecule has 0 aliphatic carbocycles. The zero-order chi connectivity index (χ0) is 8.85. The first-order valence-electron chi connectivity index (χ1n) is 3.89. The van der Waals surface area contributed by atoms with Crippen molar-refractivity contribution in [2.45, 2.75) is 38.6 Å². The van der Waals surface area contributed by atoms with Crippen molar-refractivity contribution >= 4 is 0 Å². The normalized spacial score (nSPS) is 19.4. The fourth-order valence-electron chi connectivity index (χ4n) is 0.626.